The first-order chi connectivity index (χ1) is 9.83. The van der Waals surface area contributed by atoms with Gasteiger partial charge in [-0.15, -0.1) is 0 Å². The van der Waals surface area contributed by atoms with Crippen molar-refractivity contribution in [3.05, 3.63) is 23.9 Å². The summed E-state index contributed by atoms with van der Waals surface area (Å²) in [4.78, 5) is 6.87. The summed E-state index contributed by atoms with van der Waals surface area (Å²) in [5.74, 6) is 1.05. The highest BCUT2D eigenvalue weighted by Gasteiger charge is 2.19. The maximum atomic E-state index is 5.69. The number of nitrogens with zero attached hydrogens (tertiary/aromatic N) is 2. The number of pyridine rings is 1. The molecule has 0 amide bonds. The van der Waals surface area contributed by atoms with E-state index in [0.717, 1.165) is 51.6 Å². The molecular formula is C15H25N3O2. The second-order valence-electron chi connectivity index (χ2n) is 5.04. The van der Waals surface area contributed by atoms with E-state index in [1.54, 1.807) is 7.11 Å². The topological polar surface area (TPSA) is 46.6 Å². The fourth-order valence-corrected chi connectivity index (χ4v) is 2.29. The minimum atomic E-state index is 0.334. The molecule has 1 atom stereocenters. The van der Waals surface area contributed by atoms with E-state index in [9.17, 15) is 0 Å². The lowest BCUT2D eigenvalue weighted by molar-refractivity contribution is 0.0381. The number of hydrogen-bond donors (Lipinski definition) is 1. The summed E-state index contributed by atoms with van der Waals surface area (Å²) in [5, 5.41) is 3.32. The highest BCUT2D eigenvalue weighted by atomic mass is 16.5. The molecule has 0 aliphatic carbocycles. The van der Waals surface area contributed by atoms with Gasteiger partial charge < -0.3 is 19.7 Å². The number of hydrogen-bond acceptors (Lipinski definition) is 5. The van der Waals surface area contributed by atoms with Gasteiger partial charge in [0.05, 0.1) is 19.3 Å². The Morgan fingerprint density at radius 1 is 1.50 bits per heavy atom. The fraction of sp³-hybridized carbons (Fsp3) is 0.667. The summed E-state index contributed by atoms with van der Waals surface area (Å²) in [6.45, 7) is 7.25. The van der Waals surface area contributed by atoms with Crippen LogP contribution in [0, 0.1) is 0 Å². The van der Waals surface area contributed by atoms with Gasteiger partial charge in [-0.2, -0.15) is 0 Å². The van der Waals surface area contributed by atoms with Gasteiger partial charge >= 0.3 is 0 Å². The molecule has 1 aliphatic rings. The molecule has 1 fully saturated rings. The van der Waals surface area contributed by atoms with Crippen molar-refractivity contribution >= 4 is 5.82 Å². The van der Waals surface area contributed by atoms with E-state index in [4.69, 9.17) is 9.47 Å². The summed E-state index contributed by atoms with van der Waals surface area (Å²) < 4.78 is 10.7. The van der Waals surface area contributed by atoms with Gasteiger partial charge in [-0.25, -0.2) is 4.98 Å². The van der Waals surface area contributed by atoms with Crippen molar-refractivity contribution in [3.63, 3.8) is 0 Å². The van der Waals surface area contributed by atoms with Crippen LogP contribution in [0.15, 0.2) is 18.3 Å². The molecule has 1 aliphatic heterocycles. The van der Waals surface area contributed by atoms with Crippen molar-refractivity contribution in [3.8, 4) is 0 Å². The molecule has 1 saturated heterocycles. The van der Waals surface area contributed by atoms with Crippen LogP contribution in [0.25, 0.3) is 0 Å². The average Bonchev–Trinajstić information content (AvgIpc) is 2.52. The van der Waals surface area contributed by atoms with E-state index in [1.165, 1.54) is 5.56 Å². The largest absolute Gasteiger partial charge is 0.383 e. The lowest BCUT2D eigenvalue weighted by atomic mass is 10.2. The normalized spacial score (nSPS) is 19.3. The minimum Gasteiger partial charge on any atom is -0.383 e. The van der Waals surface area contributed by atoms with Gasteiger partial charge in [0.2, 0.25) is 0 Å². The summed E-state index contributed by atoms with van der Waals surface area (Å²) in [6.07, 6.45) is 3.34. The van der Waals surface area contributed by atoms with E-state index < -0.39 is 0 Å². The average molecular weight is 279 g/mol. The van der Waals surface area contributed by atoms with Crippen molar-refractivity contribution in [2.75, 3.05) is 44.9 Å². The Labute approximate surface area is 121 Å². The van der Waals surface area contributed by atoms with Gasteiger partial charge in [-0.1, -0.05) is 13.0 Å². The van der Waals surface area contributed by atoms with Crippen LogP contribution < -0.4 is 10.2 Å². The smallest absolute Gasteiger partial charge is 0.128 e. The fourth-order valence-electron chi connectivity index (χ4n) is 2.29. The zero-order valence-electron chi connectivity index (χ0n) is 12.5. The molecule has 0 aromatic carbocycles. The van der Waals surface area contributed by atoms with Crippen molar-refractivity contribution in [2.24, 2.45) is 0 Å². The summed E-state index contributed by atoms with van der Waals surface area (Å²) in [5.41, 5.74) is 1.20. The van der Waals surface area contributed by atoms with Crippen LogP contribution in [-0.2, 0) is 16.0 Å². The molecule has 0 bridgehead atoms. The Morgan fingerprint density at radius 3 is 3.10 bits per heavy atom. The number of ether oxygens (including phenoxy) is 2. The molecule has 1 unspecified atom stereocenters. The summed E-state index contributed by atoms with van der Waals surface area (Å²) >= 11 is 0. The van der Waals surface area contributed by atoms with Crippen molar-refractivity contribution < 1.29 is 9.47 Å². The number of rotatable bonds is 7. The zero-order chi connectivity index (χ0) is 14.2. The first-order valence-electron chi connectivity index (χ1n) is 7.34. The van der Waals surface area contributed by atoms with Crippen LogP contribution in [0.3, 0.4) is 0 Å². The molecular weight excluding hydrogens is 254 g/mol. The predicted octanol–water partition coefficient (Wildman–Crippen LogP) is 1.43. The van der Waals surface area contributed by atoms with Crippen molar-refractivity contribution in [1.82, 2.24) is 10.3 Å². The lowest BCUT2D eigenvalue weighted by Gasteiger charge is -2.33. The Bertz CT molecular complexity index is 383. The Morgan fingerprint density at radius 2 is 2.40 bits per heavy atom. The van der Waals surface area contributed by atoms with Crippen molar-refractivity contribution in [2.45, 2.75) is 26.0 Å². The van der Waals surface area contributed by atoms with E-state index >= 15 is 0 Å². The zero-order valence-corrected chi connectivity index (χ0v) is 12.5. The third kappa shape index (κ3) is 4.44. The molecule has 112 valence electrons. The maximum absolute atomic E-state index is 5.69. The Kier molecular flexibility index (Phi) is 6.24. The standard InChI is InChI=1S/C15H25N3O2/c1-3-14-12-18(7-9-20-14)15-5-4-13(11-17-15)10-16-6-8-19-2/h4-5,11,14,16H,3,6-10,12H2,1-2H3. The van der Waals surface area contributed by atoms with E-state index in [2.05, 4.69) is 34.3 Å². The molecule has 5 heteroatoms. The molecule has 1 aromatic rings. The van der Waals surface area contributed by atoms with Crippen LogP contribution in [0.4, 0.5) is 5.82 Å². The molecule has 0 saturated carbocycles. The van der Waals surface area contributed by atoms with E-state index in [0.29, 0.717) is 6.10 Å². The third-order valence-corrected chi connectivity index (χ3v) is 3.54. The van der Waals surface area contributed by atoms with Gasteiger partial charge in [0.15, 0.2) is 0 Å². The number of methoxy groups -OCH3 is 1. The van der Waals surface area contributed by atoms with Crippen LogP contribution >= 0.6 is 0 Å². The van der Waals surface area contributed by atoms with Crippen LogP contribution in [0.1, 0.15) is 18.9 Å². The van der Waals surface area contributed by atoms with Crippen LogP contribution in [0.5, 0.6) is 0 Å². The SMILES string of the molecule is CCC1CN(c2ccc(CNCCOC)cn2)CCO1. The molecule has 0 radical (unpaired) electrons. The van der Waals surface area contributed by atoms with E-state index in [-0.39, 0.29) is 0 Å². The second kappa shape index (κ2) is 8.19. The van der Waals surface area contributed by atoms with Gasteiger partial charge in [0, 0.05) is 39.5 Å². The van der Waals surface area contributed by atoms with Gasteiger partial charge in [0.25, 0.3) is 0 Å². The van der Waals surface area contributed by atoms with Gasteiger partial charge in [-0.3, -0.25) is 0 Å². The third-order valence-electron chi connectivity index (χ3n) is 3.54. The monoisotopic (exact) mass is 279 g/mol. The number of anilines is 1. The first kappa shape index (κ1) is 15.2. The Hall–Kier alpha value is -1.17. The van der Waals surface area contributed by atoms with Gasteiger partial charge in [-0.05, 0) is 18.1 Å². The number of nitrogens with one attached hydrogen (secondary N) is 1. The summed E-state index contributed by atoms with van der Waals surface area (Å²) in [7, 11) is 1.71. The predicted molar refractivity (Wildman–Crippen MR) is 80.1 cm³/mol. The molecule has 5 nitrogen and oxygen atoms in total. The lowest BCUT2D eigenvalue weighted by Crippen LogP contribution is -2.42. The molecule has 0 spiro atoms. The van der Waals surface area contributed by atoms with E-state index in [1.807, 2.05) is 6.20 Å². The quantitative estimate of drug-likeness (QED) is 0.765. The van der Waals surface area contributed by atoms with Gasteiger partial charge in [0.1, 0.15) is 5.82 Å². The highest BCUT2D eigenvalue weighted by molar-refractivity contribution is 5.39. The van der Waals surface area contributed by atoms with Crippen LogP contribution in [-0.4, -0.2) is 51.0 Å². The molecule has 20 heavy (non-hydrogen) atoms. The molecule has 2 rings (SSSR count). The number of aromatic nitrogens is 1. The number of morpholine rings is 1. The molecule has 1 aromatic heterocycles. The van der Waals surface area contributed by atoms with Crippen LogP contribution in [0.2, 0.25) is 0 Å². The van der Waals surface area contributed by atoms with Crippen molar-refractivity contribution in [1.29, 1.82) is 0 Å². The Balaban J connectivity index is 1.84. The second-order valence-corrected chi connectivity index (χ2v) is 5.04. The molecule has 1 N–H and O–H groups in total. The maximum Gasteiger partial charge on any atom is 0.128 e. The molecule has 2 heterocycles. The first-order valence-corrected chi connectivity index (χ1v) is 7.34. The highest BCUT2D eigenvalue weighted by Crippen LogP contribution is 2.16. The minimum absolute atomic E-state index is 0.334. The summed E-state index contributed by atoms with van der Waals surface area (Å²) in [6, 6.07) is 4.24.